The van der Waals surface area contributed by atoms with Gasteiger partial charge in [0.2, 0.25) is 11.8 Å². The number of fused-ring (bicyclic) bond motifs is 2. The van der Waals surface area contributed by atoms with Crippen LogP contribution < -0.4 is 16.2 Å². The zero-order valence-corrected chi connectivity index (χ0v) is 14.8. The fourth-order valence-electron chi connectivity index (χ4n) is 3.74. The third kappa shape index (κ3) is 3.84. The molecule has 0 unspecified atom stereocenters. The molecule has 0 spiro atoms. The molecule has 0 aliphatic heterocycles. The fraction of sp³-hybridized carbons (Fsp3) is 0.368. The first-order valence-corrected chi connectivity index (χ1v) is 8.82. The summed E-state index contributed by atoms with van der Waals surface area (Å²) in [7, 11) is 0. The fourth-order valence-corrected chi connectivity index (χ4v) is 3.74. The van der Waals surface area contributed by atoms with Gasteiger partial charge in [-0.15, -0.1) is 0 Å². The minimum absolute atomic E-state index is 0.116. The normalized spacial score (nSPS) is 25.1. The van der Waals surface area contributed by atoms with Gasteiger partial charge in [0.05, 0.1) is 11.8 Å². The van der Waals surface area contributed by atoms with Crippen molar-refractivity contribution in [3.8, 4) is 0 Å². The monoisotopic (exact) mass is 371 g/mol. The second kappa shape index (κ2) is 7.61. The Morgan fingerprint density at radius 2 is 1.63 bits per heavy atom. The molecule has 4 atom stereocenters. The summed E-state index contributed by atoms with van der Waals surface area (Å²) in [6.07, 6.45) is 4.72. The highest BCUT2D eigenvalue weighted by atomic mass is 16.4. The van der Waals surface area contributed by atoms with Gasteiger partial charge in [-0.3, -0.25) is 30.0 Å². The number of nitrogens with one attached hydrogen (secondary N) is 3. The molecule has 2 aliphatic rings. The summed E-state index contributed by atoms with van der Waals surface area (Å²) in [4.78, 5) is 47.4. The predicted molar refractivity (Wildman–Crippen MR) is 96.3 cm³/mol. The van der Waals surface area contributed by atoms with Crippen LogP contribution in [0.3, 0.4) is 0 Å². The van der Waals surface area contributed by atoms with Crippen LogP contribution in [0.5, 0.6) is 0 Å². The summed E-state index contributed by atoms with van der Waals surface area (Å²) in [5, 5.41) is 12.1. The zero-order valence-electron chi connectivity index (χ0n) is 14.8. The maximum atomic E-state index is 12.4. The highest BCUT2D eigenvalue weighted by molar-refractivity contribution is 5.97. The Hall–Kier alpha value is -3.16. The number of hydrogen-bond acceptors (Lipinski definition) is 4. The lowest BCUT2D eigenvalue weighted by Crippen LogP contribution is -2.48. The molecule has 0 aromatic heterocycles. The number of amides is 3. The van der Waals surface area contributed by atoms with Crippen LogP contribution in [0.15, 0.2) is 36.4 Å². The molecule has 2 aliphatic carbocycles. The van der Waals surface area contributed by atoms with Crippen LogP contribution in [0.2, 0.25) is 0 Å². The van der Waals surface area contributed by atoms with Gasteiger partial charge in [-0.1, -0.05) is 19.1 Å². The largest absolute Gasteiger partial charge is 0.481 e. The molecule has 2 bridgehead atoms. The van der Waals surface area contributed by atoms with E-state index in [4.69, 9.17) is 0 Å². The van der Waals surface area contributed by atoms with E-state index in [2.05, 4.69) is 16.2 Å². The number of aliphatic carboxylic acids is 1. The Morgan fingerprint density at radius 1 is 1.00 bits per heavy atom. The molecule has 8 nitrogen and oxygen atoms in total. The van der Waals surface area contributed by atoms with Gasteiger partial charge >= 0.3 is 5.97 Å². The van der Waals surface area contributed by atoms with Crippen molar-refractivity contribution in [3.05, 3.63) is 42.0 Å². The number of hydrogen-bond donors (Lipinski definition) is 4. The Morgan fingerprint density at radius 3 is 2.22 bits per heavy atom. The van der Waals surface area contributed by atoms with E-state index in [0.717, 1.165) is 0 Å². The van der Waals surface area contributed by atoms with Crippen molar-refractivity contribution in [1.82, 2.24) is 10.9 Å². The molecule has 0 saturated heterocycles. The van der Waals surface area contributed by atoms with Gasteiger partial charge in [0.25, 0.3) is 5.91 Å². The summed E-state index contributed by atoms with van der Waals surface area (Å²) in [6.45, 7) is 1.74. The Bertz CT molecular complexity index is 802. The molecular weight excluding hydrogens is 350 g/mol. The van der Waals surface area contributed by atoms with Crippen molar-refractivity contribution in [3.63, 3.8) is 0 Å². The average molecular weight is 371 g/mol. The molecule has 3 rings (SSSR count). The molecule has 1 fully saturated rings. The molecule has 1 aromatic rings. The molecular formula is C19H21N3O5. The van der Waals surface area contributed by atoms with Crippen molar-refractivity contribution in [2.75, 3.05) is 5.32 Å². The van der Waals surface area contributed by atoms with E-state index in [-0.39, 0.29) is 17.7 Å². The molecule has 142 valence electrons. The van der Waals surface area contributed by atoms with E-state index >= 15 is 0 Å². The van der Waals surface area contributed by atoms with Crippen LogP contribution in [0.25, 0.3) is 0 Å². The van der Waals surface area contributed by atoms with Crippen LogP contribution >= 0.6 is 0 Å². The standard InChI is InChI=1S/C19H21N3O5/c1-2-14(23)20-13-7-5-10(6-8-13)17(24)21-22-18(25)15-11-3-4-12(9-11)16(15)19(26)27/h3-8,11-12,15-16H,2,9H2,1H3,(H,20,23)(H,21,24)(H,22,25)(H,26,27)/t11-,12-,15+,16-/m0/s1. The first kappa shape index (κ1) is 18.6. The lowest BCUT2D eigenvalue weighted by atomic mass is 9.82. The lowest BCUT2D eigenvalue weighted by Gasteiger charge is -2.23. The minimum atomic E-state index is -0.997. The maximum absolute atomic E-state index is 12.4. The van der Waals surface area contributed by atoms with Crippen molar-refractivity contribution in [2.45, 2.75) is 19.8 Å². The van der Waals surface area contributed by atoms with Crippen molar-refractivity contribution >= 4 is 29.4 Å². The van der Waals surface area contributed by atoms with Gasteiger partial charge in [0.1, 0.15) is 0 Å². The third-order valence-corrected chi connectivity index (χ3v) is 5.10. The minimum Gasteiger partial charge on any atom is -0.481 e. The first-order chi connectivity index (χ1) is 12.9. The van der Waals surface area contributed by atoms with E-state index in [0.29, 0.717) is 24.1 Å². The summed E-state index contributed by atoms with van der Waals surface area (Å²) in [6, 6.07) is 6.22. The molecule has 8 heteroatoms. The highest BCUT2D eigenvalue weighted by Crippen LogP contribution is 2.48. The van der Waals surface area contributed by atoms with Crippen molar-refractivity contribution < 1.29 is 24.3 Å². The Kier molecular flexibility index (Phi) is 5.25. The van der Waals surface area contributed by atoms with Crippen LogP contribution in [0.1, 0.15) is 30.1 Å². The first-order valence-electron chi connectivity index (χ1n) is 8.82. The van der Waals surface area contributed by atoms with Crippen LogP contribution in [-0.4, -0.2) is 28.8 Å². The van der Waals surface area contributed by atoms with E-state index in [1.165, 1.54) is 12.1 Å². The molecule has 1 aromatic carbocycles. The summed E-state index contributed by atoms with van der Waals surface area (Å²) in [5.41, 5.74) is 5.53. The molecule has 1 saturated carbocycles. The van der Waals surface area contributed by atoms with E-state index < -0.39 is 29.6 Å². The van der Waals surface area contributed by atoms with Crippen LogP contribution in [0.4, 0.5) is 5.69 Å². The lowest BCUT2D eigenvalue weighted by molar-refractivity contribution is -0.148. The number of carbonyl (C=O) groups is 4. The highest BCUT2D eigenvalue weighted by Gasteiger charge is 2.51. The number of benzene rings is 1. The van der Waals surface area contributed by atoms with E-state index in [1.807, 2.05) is 12.2 Å². The second-order valence-corrected chi connectivity index (χ2v) is 6.76. The Labute approximate surface area is 156 Å². The topological polar surface area (TPSA) is 125 Å². The predicted octanol–water partition coefficient (Wildman–Crippen LogP) is 1.32. The van der Waals surface area contributed by atoms with Crippen molar-refractivity contribution in [1.29, 1.82) is 0 Å². The van der Waals surface area contributed by atoms with Crippen LogP contribution in [-0.2, 0) is 14.4 Å². The van der Waals surface area contributed by atoms with E-state index in [1.54, 1.807) is 19.1 Å². The smallest absolute Gasteiger partial charge is 0.307 e. The number of carbonyl (C=O) groups excluding carboxylic acids is 3. The summed E-state index contributed by atoms with van der Waals surface area (Å²) >= 11 is 0. The number of anilines is 1. The van der Waals surface area contributed by atoms with Crippen LogP contribution in [0, 0.1) is 23.7 Å². The number of rotatable bonds is 5. The average Bonchev–Trinajstić information content (AvgIpc) is 3.27. The number of carboxylic acid groups (broad SMARTS) is 1. The molecule has 4 N–H and O–H groups in total. The van der Waals surface area contributed by atoms with Crippen molar-refractivity contribution in [2.24, 2.45) is 23.7 Å². The molecule has 3 amide bonds. The number of allylic oxidation sites excluding steroid dienone is 2. The van der Waals surface area contributed by atoms with Gasteiger partial charge in [0.15, 0.2) is 0 Å². The third-order valence-electron chi connectivity index (χ3n) is 5.10. The van der Waals surface area contributed by atoms with Gasteiger partial charge in [-0.25, -0.2) is 0 Å². The quantitative estimate of drug-likeness (QED) is 0.459. The number of carboxylic acids is 1. The second-order valence-electron chi connectivity index (χ2n) is 6.76. The van der Waals surface area contributed by atoms with Gasteiger partial charge in [-0.05, 0) is 42.5 Å². The summed E-state index contributed by atoms with van der Waals surface area (Å²) in [5.74, 6) is -3.86. The van der Waals surface area contributed by atoms with Gasteiger partial charge < -0.3 is 10.4 Å². The number of hydrazine groups is 1. The zero-order chi connectivity index (χ0) is 19.6. The SMILES string of the molecule is CCC(=O)Nc1ccc(C(=O)NNC(=O)[C@H]2[C@@H](C(=O)O)[C@H]3C=C[C@H]2C3)cc1. The maximum Gasteiger partial charge on any atom is 0.307 e. The molecule has 0 radical (unpaired) electrons. The molecule has 0 heterocycles. The van der Waals surface area contributed by atoms with Gasteiger partial charge in [0, 0.05) is 17.7 Å². The molecule has 27 heavy (non-hydrogen) atoms. The van der Waals surface area contributed by atoms with Gasteiger partial charge in [-0.2, -0.15) is 0 Å². The van der Waals surface area contributed by atoms with E-state index in [9.17, 15) is 24.3 Å². The summed E-state index contributed by atoms with van der Waals surface area (Å²) < 4.78 is 0. The Balaban J connectivity index is 1.57.